The molecule has 24 heavy (non-hydrogen) atoms. The van der Waals surface area contributed by atoms with Crippen LogP contribution in [-0.2, 0) is 0 Å². The van der Waals surface area contributed by atoms with Crippen LogP contribution in [0.2, 0.25) is 0 Å². The number of hydrogen-bond acceptors (Lipinski definition) is 5. The Hall–Kier alpha value is -2.40. The molecule has 0 bridgehead atoms. The molecule has 0 saturated carbocycles. The van der Waals surface area contributed by atoms with Crippen LogP contribution in [0.3, 0.4) is 0 Å². The lowest BCUT2D eigenvalue weighted by atomic mass is 10.1. The van der Waals surface area contributed by atoms with Crippen LogP contribution in [0, 0.1) is 0 Å². The van der Waals surface area contributed by atoms with E-state index >= 15 is 0 Å². The molecule has 0 unspecified atom stereocenters. The van der Waals surface area contributed by atoms with Gasteiger partial charge < -0.3 is 24.3 Å². The number of ether oxygens (including phenoxy) is 4. The fraction of sp³-hybridized carbons (Fsp3) is 0.368. The standard InChI is InChI=1S/C19H21NO4/c1-13(19-12-22-16-7-3-5-9-18(16)24-19)20-10-14-11-21-15-6-2-4-8-17(15)23-14/h2-9,13-14,19-20H,10-12H2,1H3/t13-,14-,19-/m1/s1. The SMILES string of the molecule is C[C@@H](NC[C@@H]1COc2ccccc2O1)[C@H]1COc2ccccc2O1. The smallest absolute Gasteiger partial charge is 0.161 e. The highest BCUT2D eigenvalue weighted by Gasteiger charge is 2.27. The van der Waals surface area contributed by atoms with E-state index in [0.717, 1.165) is 23.0 Å². The second-order valence-corrected chi connectivity index (χ2v) is 6.11. The van der Waals surface area contributed by atoms with E-state index in [1.54, 1.807) is 0 Å². The number of para-hydroxylation sites is 4. The van der Waals surface area contributed by atoms with Crippen molar-refractivity contribution in [1.29, 1.82) is 0 Å². The summed E-state index contributed by atoms with van der Waals surface area (Å²) in [6.07, 6.45) is -0.0455. The van der Waals surface area contributed by atoms with Crippen LogP contribution >= 0.6 is 0 Å². The molecular formula is C19H21NO4. The van der Waals surface area contributed by atoms with Crippen molar-refractivity contribution in [2.45, 2.75) is 25.2 Å². The molecule has 5 nitrogen and oxygen atoms in total. The van der Waals surface area contributed by atoms with Gasteiger partial charge >= 0.3 is 0 Å². The highest BCUT2D eigenvalue weighted by atomic mass is 16.6. The number of rotatable bonds is 4. The molecule has 4 rings (SSSR count). The Balaban J connectivity index is 1.31. The summed E-state index contributed by atoms with van der Waals surface area (Å²) >= 11 is 0. The Morgan fingerprint density at radius 3 is 2.17 bits per heavy atom. The average Bonchev–Trinajstić information content (AvgIpc) is 2.65. The van der Waals surface area contributed by atoms with Crippen molar-refractivity contribution < 1.29 is 18.9 Å². The van der Waals surface area contributed by atoms with E-state index in [0.29, 0.717) is 19.8 Å². The first kappa shape index (κ1) is 15.1. The van der Waals surface area contributed by atoms with E-state index in [1.807, 2.05) is 48.5 Å². The molecule has 0 amide bonds. The van der Waals surface area contributed by atoms with Gasteiger partial charge in [-0.2, -0.15) is 0 Å². The van der Waals surface area contributed by atoms with Crippen LogP contribution in [0.5, 0.6) is 23.0 Å². The second kappa shape index (κ2) is 6.61. The van der Waals surface area contributed by atoms with Crippen LogP contribution in [0.25, 0.3) is 0 Å². The van der Waals surface area contributed by atoms with Crippen molar-refractivity contribution in [3.63, 3.8) is 0 Å². The Kier molecular flexibility index (Phi) is 4.17. The first-order chi connectivity index (χ1) is 11.8. The summed E-state index contributed by atoms with van der Waals surface area (Å²) in [4.78, 5) is 0. The van der Waals surface area contributed by atoms with Gasteiger partial charge in [0.1, 0.15) is 25.4 Å². The van der Waals surface area contributed by atoms with Crippen molar-refractivity contribution in [1.82, 2.24) is 5.32 Å². The summed E-state index contributed by atoms with van der Waals surface area (Å²) in [5.41, 5.74) is 0. The normalized spacial score (nSPS) is 22.7. The molecule has 0 spiro atoms. The van der Waals surface area contributed by atoms with E-state index in [1.165, 1.54) is 0 Å². The minimum Gasteiger partial charge on any atom is -0.486 e. The van der Waals surface area contributed by atoms with E-state index < -0.39 is 0 Å². The van der Waals surface area contributed by atoms with Crippen LogP contribution in [0.1, 0.15) is 6.92 Å². The number of benzene rings is 2. The van der Waals surface area contributed by atoms with Crippen molar-refractivity contribution in [3.8, 4) is 23.0 Å². The maximum atomic E-state index is 6.03. The quantitative estimate of drug-likeness (QED) is 0.935. The van der Waals surface area contributed by atoms with Gasteiger partial charge in [0.25, 0.3) is 0 Å². The molecular weight excluding hydrogens is 306 g/mol. The van der Waals surface area contributed by atoms with Gasteiger partial charge in [0.05, 0.1) is 0 Å². The van der Waals surface area contributed by atoms with Gasteiger partial charge in [-0.15, -0.1) is 0 Å². The van der Waals surface area contributed by atoms with Crippen LogP contribution < -0.4 is 24.3 Å². The predicted molar refractivity (Wildman–Crippen MR) is 90.2 cm³/mol. The summed E-state index contributed by atoms with van der Waals surface area (Å²) in [7, 11) is 0. The molecule has 0 saturated heterocycles. The van der Waals surface area contributed by atoms with Gasteiger partial charge in [-0.3, -0.25) is 0 Å². The van der Waals surface area contributed by atoms with Crippen molar-refractivity contribution in [2.75, 3.05) is 19.8 Å². The Morgan fingerprint density at radius 2 is 1.46 bits per heavy atom. The minimum absolute atomic E-state index is 0.0147. The third-order valence-electron chi connectivity index (χ3n) is 4.32. The molecule has 2 aliphatic rings. The number of fused-ring (bicyclic) bond motifs is 2. The topological polar surface area (TPSA) is 49.0 Å². The zero-order valence-electron chi connectivity index (χ0n) is 13.6. The maximum Gasteiger partial charge on any atom is 0.161 e. The molecule has 0 fully saturated rings. The lowest BCUT2D eigenvalue weighted by Gasteiger charge is -2.32. The zero-order valence-corrected chi connectivity index (χ0v) is 13.6. The van der Waals surface area contributed by atoms with Crippen molar-refractivity contribution in [2.24, 2.45) is 0 Å². The average molecular weight is 327 g/mol. The van der Waals surface area contributed by atoms with E-state index in [2.05, 4.69) is 12.2 Å². The molecule has 0 aliphatic carbocycles. The minimum atomic E-state index is -0.0308. The van der Waals surface area contributed by atoms with Gasteiger partial charge in [-0.25, -0.2) is 0 Å². The van der Waals surface area contributed by atoms with Crippen molar-refractivity contribution >= 4 is 0 Å². The molecule has 0 aromatic heterocycles. The van der Waals surface area contributed by atoms with Gasteiger partial charge in [-0.05, 0) is 31.2 Å². The molecule has 2 aromatic rings. The Bertz CT molecular complexity index is 705. The van der Waals surface area contributed by atoms with Gasteiger partial charge in [0.15, 0.2) is 23.0 Å². The Labute approximate surface area is 141 Å². The third kappa shape index (κ3) is 3.12. The lowest BCUT2D eigenvalue weighted by Crippen LogP contribution is -2.50. The van der Waals surface area contributed by atoms with Gasteiger partial charge in [0, 0.05) is 12.6 Å². The predicted octanol–water partition coefficient (Wildman–Crippen LogP) is 2.64. The van der Waals surface area contributed by atoms with Gasteiger partial charge in [-0.1, -0.05) is 24.3 Å². The number of hydrogen-bond donors (Lipinski definition) is 1. The summed E-state index contributed by atoms with van der Waals surface area (Å²) < 4.78 is 23.5. The van der Waals surface area contributed by atoms with Crippen LogP contribution in [-0.4, -0.2) is 38.0 Å². The van der Waals surface area contributed by atoms with E-state index in [9.17, 15) is 0 Å². The van der Waals surface area contributed by atoms with Crippen LogP contribution in [0.15, 0.2) is 48.5 Å². The highest BCUT2D eigenvalue weighted by molar-refractivity contribution is 5.41. The summed E-state index contributed by atoms with van der Waals surface area (Å²) in [5, 5.41) is 3.47. The summed E-state index contributed by atoms with van der Waals surface area (Å²) in [6, 6.07) is 15.6. The molecule has 0 radical (unpaired) electrons. The lowest BCUT2D eigenvalue weighted by molar-refractivity contribution is 0.0533. The highest BCUT2D eigenvalue weighted by Crippen LogP contribution is 2.32. The fourth-order valence-corrected chi connectivity index (χ4v) is 2.89. The molecule has 3 atom stereocenters. The molecule has 1 N–H and O–H groups in total. The first-order valence-electron chi connectivity index (χ1n) is 8.30. The molecule has 2 heterocycles. The molecule has 5 heteroatoms. The van der Waals surface area contributed by atoms with Crippen LogP contribution in [0.4, 0.5) is 0 Å². The molecule has 126 valence electrons. The number of nitrogens with one attached hydrogen (secondary N) is 1. The van der Waals surface area contributed by atoms with E-state index in [4.69, 9.17) is 18.9 Å². The monoisotopic (exact) mass is 327 g/mol. The summed E-state index contributed by atoms with van der Waals surface area (Å²) in [5.74, 6) is 3.21. The van der Waals surface area contributed by atoms with E-state index in [-0.39, 0.29) is 18.2 Å². The third-order valence-corrected chi connectivity index (χ3v) is 4.32. The Morgan fingerprint density at radius 1 is 0.875 bits per heavy atom. The fourth-order valence-electron chi connectivity index (χ4n) is 2.89. The largest absolute Gasteiger partial charge is 0.486 e. The maximum absolute atomic E-state index is 6.03. The zero-order chi connectivity index (χ0) is 16.4. The molecule has 2 aliphatic heterocycles. The van der Waals surface area contributed by atoms with Gasteiger partial charge in [0.2, 0.25) is 0 Å². The van der Waals surface area contributed by atoms with Crippen molar-refractivity contribution in [3.05, 3.63) is 48.5 Å². The second-order valence-electron chi connectivity index (χ2n) is 6.11. The molecule has 2 aromatic carbocycles. The summed E-state index contributed by atoms with van der Waals surface area (Å²) in [6.45, 7) is 3.87. The first-order valence-corrected chi connectivity index (χ1v) is 8.30.